The van der Waals surface area contributed by atoms with Crippen molar-refractivity contribution in [3.8, 4) is 0 Å². The van der Waals surface area contributed by atoms with Gasteiger partial charge in [-0.25, -0.2) is 9.67 Å². The van der Waals surface area contributed by atoms with Crippen molar-refractivity contribution in [2.45, 2.75) is 45.1 Å². The molecule has 2 heterocycles. The van der Waals surface area contributed by atoms with Crippen LogP contribution in [0.1, 0.15) is 50.4 Å². The summed E-state index contributed by atoms with van der Waals surface area (Å²) in [5, 5.41) is 4.73. The molecule has 0 amide bonds. The van der Waals surface area contributed by atoms with Gasteiger partial charge in [0, 0.05) is 11.8 Å². The van der Waals surface area contributed by atoms with Crippen molar-refractivity contribution < 1.29 is 0 Å². The molecule has 3 nitrogen and oxygen atoms in total. The minimum Gasteiger partial charge on any atom is -0.242 e. The van der Waals surface area contributed by atoms with Gasteiger partial charge < -0.3 is 0 Å². The molecule has 0 spiro atoms. The van der Waals surface area contributed by atoms with E-state index < -0.39 is 0 Å². The first kappa shape index (κ1) is 11.5. The van der Waals surface area contributed by atoms with Crippen molar-refractivity contribution >= 4 is 0 Å². The Labute approximate surface area is 108 Å². The van der Waals surface area contributed by atoms with Crippen LogP contribution in [0.2, 0.25) is 0 Å². The summed E-state index contributed by atoms with van der Waals surface area (Å²) >= 11 is 0. The molecule has 0 N–H and O–H groups in total. The van der Waals surface area contributed by atoms with Gasteiger partial charge >= 0.3 is 0 Å². The zero-order valence-electron chi connectivity index (χ0n) is 11.2. The Kier molecular flexibility index (Phi) is 2.51. The fourth-order valence-corrected chi connectivity index (χ4v) is 2.46. The standard InChI is InChI=1S/C15H19N3/c1-15(2,3)14-16-13-10-9-12(18(13)17-14)11-7-5-4-6-8-11/h4-8,12H,9-10H2,1-3H3/t12-/m0/s1. The summed E-state index contributed by atoms with van der Waals surface area (Å²) in [6, 6.07) is 11.0. The van der Waals surface area contributed by atoms with Gasteiger partial charge in [-0.1, -0.05) is 51.1 Å². The predicted octanol–water partition coefficient (Wildman–Crippen LogP) is 3.11. The average Bonchev–Trinajstić information content (AvgIpc) is 2.88. The van der Waals surface area contributed by atoms with E-state index >= 15 is 0 Å². The van der Waals surface area contributed by atoms with Gasteiger partial charge in [0.1, 0.15) is 5.82 Å². The molecular weight excluding hydrogens is 222 g/mol. The number of aryl methyl sites for hydroxylation is 1. The molecule has 0 fully saturated rings. The van der Waals surface area contributed by atoms with Gasteiger partial charge in [-0.3, -0.25) is 0 Å². The van der Waals surface area contributed by atoms with E-state index in [4.69, 9.17) is 5.10 Å². The molecule has 0 radical (unpaired) electrons. The highest BCUT2D eigenvalue weighted by Gasteiger charge is 2.29. The molecule has 94 valence electrons. The summed E-state index contributed by atoms with van der Waals surface area (Å²) < 4.78 is 2.12. The summed E-state index contributed by atoms with van der Waals surface area (Å²) in [7, 11) is 0. The molecule has 3 rings (SSSR count). The van der Waals surface area contributed by atoms with Gasteiger partial charge in [0.05, 0.1) is 6.04 Å². The summed E-state index contributed by atoms with van der Waals surface area (Å²) in [5.41, 5.74) is 1.36. The first-order chi connectivity index (χ1) is 8.55. The van der Waals surface area contributed by atoms with Gasteiger partial charge in [0.15, 0.2) is 5.82 Å². The largest absolute Gasteiger partial charge is 0.242 e. The Bertz CT molecular complexity index is 549. The van der Waals surface area contributed by atoms with Crippen molar-refractivity contribution in [2.75, 3.05) is 0 Å². The minimum absolute atomic E-state index is 0.0264. The van der Waals surface area contributed by atoms with E-state index in [1.807, 2.05) is 0 Å². The van der Waals surface area contributed by atoms with Crippen LogP contribution in [0.4, 0.5) is 0 Å². The Morgan fingerprint density at radius 2 is 1.89 bits per heavy atom. The second kappa shape index (κ2) is 3.94. The van der Waals surface area contributed by atoms with Gasteiger partial charge in [-0.2, -0.15) is 5.10 Å². The lowest BCUT2D eigenvalue weighted by atomic mass is 9.96. The van der Waals surface area contributed by atoms with Gasteiger partial charge in [-0.05, 0) is 12.0 Å². The molecule has 0 aliphatic carbocycles. The first-order valence-corrected chi connectivity index (χ1v) is 6.56. The van der Waals surface area contributed by atoms with Gasteiger partial charge in [0.25, 0.3) is 0 Å². The number of hydrogen-bond acceptors (Lipinski definition) is 2. The van der Waals surface area contributed by atoms with Crippen LogP contribution in [-0.2, 0) is 11.8 Å². The molecule has 0 saturated heterocycles. The number of hydrogen-bond donors (Lipinski definition) is 0. The van der Waals surface area contributed by atoms with E-state index in [0.717, 1.165) is 24.5 Å². The zero-order chi connectivity index (χ0) is 12.8. The molecule has 1 aliphatic rings. The van der Waals surface area contributed by atoms with Crippen LogP contribution >= 0.6 is 0 Å². The van der Waals surface area contributed by atoms with Crippen LogP contribution in [0.3, 0.4) is 0 Å². The second-order valence-corrected chi connectivity index (χ2v) is 6.01. The fraction of sp³-hybridized carbons (Fsp3) is 0.467. The van der Waals surface area contributed by atoms with E-state index in [-0.39, 0.29) is 5.41 Å². The maximum absolute atomic E-state index is 4.73. The third-order valence-electron chi connectivity index (χ3n) is 3.49. The highest BCUT2D eigenvalue weighted by Crippen LogP contribution is 2.31. The van der Waals surface area contributed by atoms with Crippen molar-refractivity contribution in [1.82, 2.24) is 14.8 Å². The predicted molar refractivity (Wildman–Crippen MR) is 71.6 cm³/mol. The molecule has 0 bridgehead atoms. The summed E-state index contributed by atoms with van der Waals surface area (Å²) in [6.07, 6.45) is 2.15. The quantitative estimate of drug-likeness (QED) is 0.768. The molecule has 1 aliphatic heterocycles. The molecule has 1 aromatic heterocycles. The molecule has 2 aromatic rings. The van der Waals surface area contributed by atoms with Crippen molar-refractivity contribution in [1.29, 1.82) is 0 Å². The number of rotatable bonds is 1. The molecular formula is C15H19N3. The van der Waals surface area contributed by atoms with Crippen LogP contribution in [-0.4, -0.2) is 14.8 Å². The Hall–Kier alpha value is -1.64. The Balaban J connectivity index is 1.99. The van der Waals surface area contributed by atoms with Crippen molar-refractivity contribution in [3.63, 3.8) is 0 Å². The highest BCUT2D eigenvalue weighted by molar-refractivity contribution is 5.23. The normalized spacial score (nSPS) is 18.9. The summed E-state index contributed by atoms with van der Waals surface area (Å²) in [6.45, 7) is 6.49. The summed E-state index contributed by atoms with van der Waals surface area (Å²) in [4.78, 5) is 4.69. The lowest BCUT2D eigenvalue weighted by Gasteiger charge is -2.15. The number of benzene rings is 1. The monoisotopic (exact) mass is 241 g/mol. The zero-order valence-corrected chi connectivity index (χ0v) is 11.2. The van der Waals surface area contributed by atoms with Crippen LogP contribution in [0.5, 0.6) is 0 Å². The number of aromatic nitrogens is 3. The molecule has 18 heavy (non-hydrogen) atoms. The first-order valence-electron chi connectivity index (χ1n) is 6.56. The van der Waals surface area contributed by atoms with E-state index in [1.54, 1.807) is 0 Å². The van der Waals surface area contributed by atoms with Gasteiger partial charge in [0.2, 0.25) is 0 Å². The topological polar surface area (TPSA) is 30.7 Å². The van der Waals surface area contributed by atoms with Crippen LogP contribution in [0.15, 0.2) is 30.3 Å². The average molecular weight is 241 g/mol. The fourth-order valence-electron chi connectivity index (χ4n) is 2.46. The Morgan fingerprint density at radius 1 is 1.17 bits per heavy atom. The van der Waals surface area contributed by atoms with Crippen LogP contribution in [0, 0.1) is 0 Å². The van der Waals surface area contributed by atoms with E-state index in [1.165, 1.54) is 5.56 Å². The minimum atomic E-state index is 0.0264. The highest BCUT2D eigenvalue weighted by atomic mass is 15.4. The lowest BCUT2D eigenvalue weighted by molar-refractivity contribution is 0.500. The molecule has 3 heteroatoms. The van der Waals surface area contributed by atoms with Gasteiger partial charge in [-0.15, -0.1) is 0 Å². The maximum Gasteiger partial charge on any atom is 0.156 e. The number of fused-ring (bicyclic) bond motifs is 1. The Morgan fingerprint density at radius 3 is 2.56 bits per heavy atom. The molecule has 1 aromatic carbocycles. The van der Waals surface area contributed by atoms with E-state index in [0.29, 0.717) is 6.04 Å². The van der Waals surface area contributed by atoms with E-state index in [2.05, 4.69) is 60.8 Å². The smallest absolute Gasteiger partial charge is 0.156 e. The molecule has 0 unspecified atom stereocenters. The number of nitrogens with zero attached hydrogens (tertiary/aromatic N) is 3. The second-order valence-electron chi connectivity index (χ2n) is 6.01. The molecule has 0 saturated carbocycles. The van der Waals surface area contributed by atoms with Crippen molar-refractivity contribution in [2.24, 2.45) is 0 Å². The molecule has 1 atom stereocenters. The van der Waals surface area contributed by atoms with Crippen LogP contribution < -0.4 is 0 Å². The summed E-state index contributed by atoms with van der Waals surface area (Å²) in [5.74, 6) is 2.09. The third kappa shape index (κ3) is 1.84. The lowest BCUT2D eigenvalue weighted by Crippen LogP contribution is -2.15. The van der Waals surface area contributed by atoms with E-state index in [9.17, 15) is 0 Å². The SMILES string of the molecule is CC(C)(C)c1nc2n(n1)[C@H](c1ccccc1)CC2. The van der Waals surface area contributed by atoms with Crippen molar-refractivity contribution in [3.05, 3.63) is 47.5 Å². The maximum atomic E-state index is 4.73. The van der Waals surface area contributed by atoms with Crippen LogP contribution in [0.25, 0.3) is 0 Å². The third-order valence-corrected chi connectivity index (χ3v) is 3.49.